The minimum Gasteiger partial charge on any atom is -0.268 e. The highest BCUT2D eigenvalue weighted by Gasteiger charge is 2.12. The summed E-state index contributed by atoms with van der Waals surface area (Å²) in [7, 11) is -3.35. The zero-order valence-electron chi connectivity index (χ0n) is 11.1. The lowest BCUT2D eigenvalue weighted by Gasteiger charge is -2.10. The van der Waals surface area contributed by atoms with Gasteiger partial charge in [-0.25, -0.2) is 17.5 Å². The lowest BCUT2D eigenvalue weighted by atomic mass is 10.2. The Morgan fingerprint density at radius 1 is 1.25 bits per heavy atom. The Morgan fingerprint density at radius 2 is 1.95 bits per heavy atom. The Balaban J connectivity index is 2.14. The molecule has 1 aromatic heterocycles. The lowest BCUT2D eigenvalue weighted by molar-refractivity contribution is 0.598. The van der Waals surface area contributed by atoms with Gasteiger partial charge < -0.3 is 0 Å². The van der Waals surface area contributed by atoms with Gasteiger partial charge >= 0.3 is 0 Å². The molecule has 0 aliphatic heterocycles. The van der Waals surface area contributed by atoms with E-state index in [0.717, 1.165) is 5.56 Å². The van der Waals surface area contributed by atoms with E-state index in [4.69, 9.17) is 0 Å². The smallest absolute Gasteiger partial charge is 0.233 e. The number of nitrogens with one attached hydrogen (secondary N) is 1. The fraction of sp³-hybridized carbons (Fsp3) is 0.308. The highest BCUT2D eigenvalue weighted by molar-refractivity contribution is 7.92. The fourth-order valence-corrected chi connectivity index (χ4v) is 2.92. The molecule has 0 saturated carbocycles. The maximum absolute atomic E-state index is 12.8. The third-order valence-corrected chi connectivity index (χ3v) is 4.16. The zero-order valence-corrected chi connectivity index (χ0v) is 11.9. The molecule has 0 spiro atoms. The van der Waals surface area contributed by atoms with E-state index in [1.165, 1.54) is 23.0 Å². The van der Waals surface area contributed by atoms with Gasteiger partial charge in [-0.05, 0) is 24.1 Å². The van der Waals surface area contributed by atoms with Gasteiger partial charge in [0.15, 0.2) is 0 Å². The second-order valence-corrected chi connectivity index (χ2v) is 6.26. The molecule has 108 valence electrons. The molecule has 0 amide bonds. The Bertz CT molecular complexity index is 665. The average molecular weight is 297 g/mol. The predicted molar refractivity (Wildman–Crippen MR) is 75.4 cm³/mol. The molecule has 7 heteroatoms. The van der Waals surface area contributed by atoms with Crippen molar-refractivity contribution >= 4 is 15.8 Å². The van der Waals surface area contributed by atoms with Crippen LogP contribution in [0.4, 0.5) is 10.2 Å². The van der Waals surface area contributed by atoms with E-state index in [1.807, 2.05) is 0 Å². The molecule has 0 unspecified atom stereocenters. The van der Waals surface area contributed by atoms with E-state index in [0.29, 0.717) is 18.8 Å². The van der Waals surface area contributed by atoms with Crippen molar-refractivity contribution in [2.45, 2.75) is 19.9 Å². The number of hydrogen-bond acceptors (Lipinski definition) is 3. The van der Waals surface area contributed by atoms with Crippen LogP contribution in [0.3, 0.4) is 0 Å². The van der Waals surface area contributed by atoms with Gasteiger partial charge in [-0.15, -0.1) is 0 Å². The molecule has 0 atom stereocenters. The van der Waals surface area contributed by atoms with Crippen LogP contribution in [0, 0.1) is 5.82 Å². The van der Waals surface area contributed by atoms with E-state index in [2.05, 4.69) is 9.82 Å². The number of nitrogens with zero attached hydrogens (tertiary/aromatic N) is 2. The summed E-state index contributed by atoms with van der Waals surface area (Å²) in [5.41, 5.74) is 0.839. The van der Waals surface area contributed by atoms with E-state index in [9.17, 15) is 12.8 Å². The van der Waals surface area contributed by atoms with Gasteiger partial charge in [-0.2, -0.15) is 5.10 Å². The predicted octanol–water partition coefficient (Wildman–Crippen LogP) is 2.22. The third-order valence-electron chi connectivity index (χ3n) is 2.70. The first-order valence-corrected chi connectivity index (χ1v) is 7.92. The fourth-order valence-electron chi connectivity index (χ4n) is 1.79. The number of aromatic nitrogens is 2. The highest BCUT2D eigenvalue weighted by atomic mass is 32.2. The summed E-state index contributed by atoms with van der Waals surface area (Å²) < 4.78 is 40.4. The van der Waals surface area contributed by atoms with Gasteiger partial charge in [0.2, 0.25) is 10.0 Å². The molecule has 0 saturated heterocycles. The molecule has 1 heterocycles. The molecular weight excluding hydrogens is 281 g/mol. The van der Waals surface area contributed by atoms with Gasteiger partial charge in [0.05, 0.1) is 18.5 Å². The highest BCUT2D eigenvalue weighted by Crippen LogP contribution is 2.12. The Morgan fingerprint density at radius 3 is 2.60 bits per heavy atom. The standard InChI is InChI=1S/C13H16FN3O2S/c1-2-9-20(18,19)16-13-7-8-15-17(13)10-11-3-5-12(14)6-4-11/h3-8,16H,2,9-10H2,1H3. The number of benzene rings is 1. The summed E-state index contributed by atoms with van der Waals surface area (Å²) in [6.45, 7) is 2.17. The van der Waals surface area contributed by atoms with Crippen LogP contribution in [0.2, 0.25) is 0 Å². The van der Waals surface area contributed by atoms with Crippen LogP contribution in [0.5, 0.6) is 0 Å². The molecule has 0 aliphatic carbocycles. The van der Waals surface area contributed by atoms with Gasteiger partial charge in [0, 0.05) is 6.07 Å². The summed E-state index contributed by atoms with van der Waals surface area (Å²) in [4.78, 5) is 0. The summed E-state index contributed by atoms with van der Waals surface area (Å²) >= 11 is 0. The molecule has 5 nitrogen and oxygen atoms in total. The van der Waals surface area contributed by atoms with Crippen LogP contribution >= 0.6 is 0 Å². The van der Waals surface area contributed by atoms with Crippen molar-refractivity contribution in [3.8, 4) is 0 Å². The molecule has 0 radical (unpaired) electrons. The van der Waals surface area contributed by atoms with Crippen molar-refractivity contribution < 1.29 is 12.8 Å². The Labute approximate surface area is 117 Å². The summed E-state index contributed by atoms with van der Waals surface area (Å²) in [5, 5.41) is 4.07. The second-order valence-electron chi connectivity index (χ2n) is 4.42. The van der Waals surface area contributed by atoms with Gasteiger partial charge in [0.1, 0.15) is 11.6 Å². The van der Waals surface area contributed by atoms with E-state index >= 15 is 0 Å². The van der Waals surface area contributed by atoms with E-state index in [-0.39, 0.29) is 11.6 Å². The van der Waals surface area contributed by atoms with Crippen molar-refractivity contribution in [1.82, 2.24) is 9.78 Å². The van der Waals surface area contributed by atoms with Gasteiger partial charge in [-0.3, -0.25) is 4.72 Å². The van der Waals surface area contributed by atoms with E-state index < -0.39 is 10.0 Å². The molecule has 0 aliphatic rings. The lowest BCUT2D eigenvalue weighted by Crippen LogP contribution is -2.19. The second kappa shape index (κ2) is 6.04. The van der Waals surface area contributed by atoms with Crippen LogP contribution in [0.1, 0.15) is 18.9 Å². The van der Waals surface area contributed by atoms with Crippen molar-refractivity contribution in [3.63, 3.8) is 0 Å². The number of anilines is 1. The van der Waals surface area contributed by atoms with E-state index in [1.54, 1.807) is 25.1 Å². The summed E-state index contributed by atoms with van der Waals surface area (Å²) in [6.07, 6.45) is 2.06. The maximum Gasteiger partial charge on any atom is 0.233 e. The molecule has 0 fully saturated rings. The first kappa shape index (κ1) is 14.5. The summed E-state index contributed by atoms with van der Waals surface area (Å²) in [5.74, 6) is 0.162. The molecular formula is C13H16FN3O2S. The normalized spacial score (nSPS) is 11.5. The van der Waals surface area contributed by atoms with Crippen LogP contribution in [-0.2, 0) is 16.6 Å². The third kappa shape index (κ3) is 3.80. The van der Waals surface area contributed by atoms with Crippen molar-refractivity contribution in [3.05, 3.63) is 47.9 Å². The average Bonchev–Trinajstić information content (AvgIpc) is 2.78. The topological polar surface area (TPSA) is 64.0 Å². The molecule has 1 N–H and O–H groups in total. The van der Waals surface area contributed by atoms with Gasteiger partial charge in [-0.1, -0.05) is 19.1 Å². The number of sulfonamides is 1. The maximum atomic E-state index is 12.8. The monoisotopic (exact) mass is 297 g/mol. The Kier molecular flexibility index (Phi) is 4.39. The van der Waals surface area contributed by atoms with Crippen LogP contribution in [-0.4, -0.2) is 24.0 Å². The van der Waals surface area contributed by atoms with Crippen LogP contribution in [0.25, 0.3) is 0 Å². The minimum absolute atomic E-state index is 0.0642. The quantitative estimate of drug-likeness (QED) is 0.889. The van der Waals surface area contributed by atoms with Gasteiger partial charge in [0.25, 0.3) is 0 Å². The first-order chi connectivity index (χ1) is 9.50. The number of rotatable bonds is 6. The van der Waals surface area contributed by atoms with Crippen molar-refractivity contribution in [2.75, 3.05) is 10.5 Å². The molecule has 20 heavy (non-hydrogen) atoms. The molecule has 0 bridgehead atoms. The van der Waals surface area contributed by atoms with Crippen LogP contribution in [0.15, 0.2) is 36.5 Å². The first-order valence-electron chi connectivity index (χ1n) is 6.27. The van der Waals surface area contributed by atoms with Crippen molar-refractivity contribution in [2.24, 2.45) is 0 Å². The molecule has 1 aromatic carbocycles. The van der Waals surface area contributed by atoms with Crippen molar-refractivity contribution in [1.29, 1.82) is 0 Å². The minimum atomic E-state index is -3.35. The molecule has 2 aromatic rings. The Hall–Kier alpha value is -1.89. The summed E-state index contributed by atoms with van der Waals surface area (Å²) in [6, 6.07) is 7.60. The number of halogens is 1. The largest absolute Gasteiger partial charge is 0.268 e. The van der Waals surface area contributed by atoms with Crippen LogP contribution < -0.4 is 4.72 Å². The zero-order chi connectivity index (χ0) is 14.6. The SMILES string of the molecule is CCCS(=O)(=O)Nc1ccnn1Cc1ccc(F)cc1. The number of hydrogen-bond donors (Lipinski definition) is 1. The molecule has 2 rings (SSSR count).